The lowest BCUT2D eigenvalue weighted by atomic mass is 10.1. The molecule has 1 amide bonds. The van der Waals surface area contributed by atoms with Crippen LogP contribution in [-0.2, 0) is 24.8 Å². The van der Waals surface area contributed by atoms with E-state index in [4.69, 9.17) is 0 Å². The largest absolute Gasteiger partial charge is 0.352 e. The molecule has 1 atom stereocenters. The number of hydrogen-bond acceptors (Lipinski definition) is 4. The molecule has 3 rings (SSSR count). The quantitative estimate of drug-likeness (QED) is 0.665. The Morgan fingerprint density at radius 2 is 1.85 bits per heavy atom. The van der Waals surface area contributed by atoms with Crippen LogP contribution in [0.5, 0.6) is 0 Å². The van der Waals surface area contributed by atoms with Crippen molar-refractivity contribution in [2.24, 2.45) is 7.05 Å². The van der Waals surface area contributed by atoms with E-state index in [0.717, 1.165) is 12.8 Å². The summed E-state index contributed by atoms with van der Waals surface area (Å²) in [5.41, 5.74) is 0.596. The maximum absolute atomic E-state index is 12.4. The highest BCUT2D eigenvalue weighted by Crippen LogP contribution is 2.07. The first kappa shape index (κ1) is 18.6. The minimum absolute atomic E-state index is 0.0515. The molecule has 0 saturated heterocycles. The third-order valence-corrected chi connectivity index (χ3v) is 4.53. The summed E-state index contributed by atoms with van der Waals surface area (Å²) in [6.45, 7) is 1.71. The summed E-state index contributed by atoms with van der Waals surface area (Å²) in [6.07, 6.45) is 3.17. The van der Waals surface area contributed by atoms with Crippen molar-refractivity contribution in [2.45, 2.75) is 32.4 Å². The van der Waals surface area contributed by atoms with Gasteiger partial charge in [-0.05, 0) is 37.5 Å². The maximum Gasteiger partial charge on any atom is 0.317 e. The van der Waals surface area contributed by atoms with Gasteiger partial charge < -0.3 is 5.32 Å². The monoisotopic (exact) mass is 366 g/mol. The van der Waals surface area contributed by atoms with Crippen LogP contribution in [0.1, 0.15) is 18.9 Å². The molecule has 0 unspecified atom stereocenters. The Labute approximate surface area is 156 Å². The van der Waals surface area contributed by atoms with Gasteiger partial charge in [-0.25, -0.2) is 4.98 Å². The highest BCUT2D eigenvalue weighted by molar-refractivity contribution is 5.79. The van der Waals surface area contributed by atoms with E-state index in [1.54, 1.807) is 18.3 Å². The van der Waals surface area contributed by atoms with Crippen LogP contribution in [0.15, 0.2) is 58.3 Å². The third-order valence-electron chi connectivity index (χ3n) is 4.53. The number of fused-ring (bicyclic) bond motifs is 1. The molecule has 0 radical (unpaired) electrons. The molecule has 0 aliphatic carbocycles. The third kappa shape index (κ3) is 4.13. The average molecular weight is 366 g/mol. The zero-order valence-electron chi connectivity index (χ0n) is 15.4. The second-order valence-corrected chi connectivity index (χ2v) is 6.59. The lowest BCUT2D eigenvalue weighted by Gasteiger charge is -2.16. The Kier molecular flexibility index (Phi) is 5.49. The fraction of sp³-hybridized carbons (Fsp3) is 0.300. The number of carbonyl (C=O) groups excluding carboxylic acids is 1. The van der Waals surface area contributed by atoms with Crippen LogP contribution < -0.4 is 16.4 Å². The van der Waals surface area contributed by atoms with E-state index >= 15 is 0 Å². The first-order chi connectivity index (χ1) is 13.0. The maximum atomic E-state index is 12.4. The van der Waals surface area contributed by atoms with Gasteiger partial charge in [-0.3, -0.25) is 23.5 Å². The van der Waals surface area contributed by atoms with E-state index in [2.05, 4.69) is 10.3 Å². The van der Waals surface area contributed by atoms with E-state index in [-0.39, 0.29) is 18.5 Å². The van der Waals surface area contributed by atoms with E-state index in [9.17, 15) is 14.4 Å². The van der Waals surface area contributed by atoms with Gasteiger partial charge in [0.25, 0.3) is 0 Å². The molecule has 27 heavy (non-hydrogen) atoms. The molecule has 2 heterocycles. The molecule has 0 saturated carbocycles. The van der Waals surface area contributed by atoms with Gasteiger partial charge in [0.15, 0.2) is 5.65 Å². The molecule has 1 N–H and O–H groups in total. The number of nitrogens with one attached hydrogen (secondary N) is 1. The van der Waals surface area contributed by atoms with Crippen molar-refractivity contribution in [3.63, 3.8) is 0 Å². The van der Waals surface area contributed by atoms with Gasteiger partial charge in [0.05, 0.1) is 5.52 Å². The molecule has 1 aromatic carbocycles. The highest BCUT2D eigenvalue weighted by Gasteiger charge is 2.15. The van der Waals surface area contributed by atoms with Crippen LogP contribution in [0.3, 0.4) is 0 Å². The summed E-state index contributed by atoms with van der Waals surface area (Å²) in [4.78, 5) is 41.1. The number of amides is 1. The Morgan fingerprint density at radius 1 is 1.11 bits per heavy atom. The lowest BCUT2D eigenvalue weighted by Crippen LogP contribution is -2.44. The molecule has 0 aliphatic heterocycles. The van der Waals surface area contributed by atoms with Crippen LogP contribution in [-0.4, -0.2) is 26.1 Å². The van der Waals surface area contributed by atoms with Gasteiger partial charge in [0, 0.05) is 19.3 Å². The number of rotatable bonds is 6. The molecule has 7 nitrogen and oxygen atoms in total. The topological polar surface area (TPSA) is 86.0 Å². The molecule has 0 spiro atoms. The van der Waals surface area contributed by atoms with Crippen LogP contribution in [0, 0.1) is 0 Å². The molecule has 140 valence electrons. The fourth-order valence-electron chi connectivity index (χ4n) is 3.04. The number of pyridine rings is 1. The van der Waals surface area contributed by atoms with Crippen LogP contribution in [0.25, 0.3) is 11.2 Å². The Balaban J connectivity index is 1.73. The summed E-state index contributed by atoms with van der Waals surface area (Å²) in [7, 11) is 1.50. The molecule has 7 heteroatoms. The van der Waals surface area contributed by atoms with Crippen LogP contribution in [0.2, 0.25) is 0 Å². The van der Waals surface area contributed by atoms with Crippen molar-refractivity contribution in [2.75, 3.05) is 0 Å². The van der Waals surface area contributed by atoms with Gasteiger partial charge in [0.1, 0.15) is 6.54 Å². The predicted octanol–water partition coefficient (Wildman–Crippen LogP) is 1.23. The molecule has 0 aliphatic rings. The highest BCUT2D eigenvalue weighted by atomic mass is 16.2. The van der Waals surface area contributed by atoms with Crippen LogP contribution in [0.4, 0.5) is 0 Å². The van der Waals surface area contributed by atoms with Crippen molar-refractivity contribution < 1.29 is 4.79 Å². The van der Waals surface area contributed by atoms with Crippen molar-refractivity contribution >= 4 is 17.1 Å². The SMILES string of the molecule is C[C@@H](CCc1ccccc1)NC(=O)Cn1c(=O)c(=O)n(C)c2ncccc21. The first-order valence-electron chi connectivity index (χ1n) is 8.85. The Bertz CT molecular complexity index is 1070. The van der Waals surface area contributed by atoms with Gasteiger partial charge in [-0.15, -0.1) is 0 Å². The second-order valence-electron chi connectivity index (χ2n) is 6.59. The zero-order valence-corrected chi connectivity index (χ0v) is 15.4. The number of hydrogen-bond donors (Lipinski definition) is 1. The van der Waals surface area contributed by atoms with Crippen molar-refractivity contribution in [1.82, 2.24) is 19.4 Å². The molecule has 3 aromatic rings. The summed E-state index contributed by atoms with van der Waals surface area (Å²) < 4.78 is 2.39. The van der Waals surface area contributed by atoms with Crippen molar-refractivity contribution in [3.8, 4) is 0 Å². The van der Waals surface area contributed by atoms with Gasteiger partial charge in [0.2, 0.25) is 5.91 Å². The average Bonchev–Trinajstić information content (AvgIpc) is 2.69. The number of aryl methyl sites for hydroxylation is 2. The lowest BCUT2D eigenvalue weighted by molar-refractivity contribution is -0.122. The fourth-order valence-corrected chi connectivity index (χ4v) is 3.04. The summed E-state index contributed by atoms with van der Waals surface area (Å²) in [6, 6.07) is 13.3. The summed E-state index contributed by atoms with van der Waals surface area (Å²) in [5.74, 6) is -0.309. The summed E-state index contributed by atoms with van der Waals surface area (Å²) in [5, 5.41) is 2.90. The molecule has 2 aromatic heterocycles. The van der Waals surface area contributed by atoms with Gasteiger partial charge in [-0.1, -0.05) is 30.3 Å². The molecular formula is C20H22N4O3. The van der Waals surface area contributed by atoms with Gasteiger partial charge >= 0.3 is 11.1 Å². The smallest absolute Gasteiger partial charge is 0.317 e. The van der Waals surface area contributed by atoms with E-state index in [1.807, 2.05) is 37.3 Å². The normalized spacial score (nSPS) is 12.1. The van der Waals surface area contributed by atoms with Gasteiger partial charge in [-0.2, -0.15) is 0 Å². The molecule has 0 fully saturated rings. The molecule has 0 bridgehead atoms. The van der Waals surface area contributed by atoms with Crippen molar-refractivity contribution in [3.05, 3.63) is 74.9 Å². The predicted molar refractivity (Wildman–Crippen MR) is 104 cm³/mol. The second kappa shape index (κ2) is 7.99. The van der Waals surface area contributed by atoms with E-state index in [1.165, 1.54) is 21.7 Å². The number of benzene rings is 1. The Morgan fingerprint density at radius 3 is 2.59 bits per heavy atom. The van der Waals surface area contributed by atoms with E-state index in [0.29, 0.717) is 11.2 Å². The minimum atomic E-state index is -0.731. The Hall–Kier alpha value is -3.22. The zero-order chi connectivity index (χ0) is 19.4. The number of aromatic nitrogens is 3. The number of carbonyl (C=O) groups is 1. The first-order valence-corrected chi connectivity index (χ1v) is 8.85. The van der Waals surface area contributed by atoms with Crippen LogP contribution >= 0.6 is 0 Å². The molecular weight excluding hydrogens is 344 g/mol. The number of nitrogens with zero attached hydrogens (tertiary/aromatic N) is 3. The van der Waals surface area contributed by atoms with Crippen molar-refractivity contribution in [1.29, 1.82) is 0 Å². The summed E-state index contributed by atoms with van der Waals surface area (Å²) >= 11 is 0. The standard InChI is InChI=1S/C20H22N4O3/c1-14(10-11-15-7-4-3-5-8-15)22-17(25)13-24-16-9-6-12-21-18(16)23(2)19(26)20(24)27/h3-9,12,14H,10-11,13H2,1-2H3,(H,22,25)/t14-/m0/s1. The minimum Gasteiger partial charge on any atom is -0.352 e. The van der Waals surface area contributed by atoms with E-state index < -0.39 is 11.1 Å².